The topological polar surface area (TPSA) is 37.3 Å². The molecule has 0 fully saturated rings. The van der Waals surface area contributed by atoms with Crippen LogP contribution >= 0.6 is 12.6 Å². The van der Waals surface area contributed by atoms with E-state index in [0.717, 1.165) is 0 Å². The van der Waals surface area contributed by atoms with Crippen LogP contribution in [0.3, 0.4) is 0 Å². The standard InChI is InChI=1S/C7H6O2S.Hg.Na.H/c8-7(9)5-3-1-2-4-6(5)10;;;/h1-4,10H,(H,8,9);;;. The number of rotatable bonds is 1. The molecule has 0 spiro atoms. The number of aromatic carboxylic acids is 1. The molecule has 0 radical (unpaired) electrons. The molecule has 2 nitrogen and oxygen atoms in total. The molecule has 0 atom stereocenters. The number of thiol groups is 1. The molecule has 0 bridgehead atoms. The molecular weight excluding hydrogens is 372 g/mol. The zero-order valence-electron chi connectivity index (χ0n) is 5.82. The Morgan fingerprint density at radius 2 is 1.83 bits per heavy atom. The van der Waals surface area contributed by atoms with Gasteiger partial charge >= 0.3 is 35.5 Å². The van der Waals surface area contributed by atoms with Gasteiger partial charge in [0.15, 0.2) is 0 Å². The van der Waals surface area contributed by atoms with E-state index in [4.69, 9.17) is 5.11 Å². The molecule has 0 aliphatic carbocycles. The van der Waals surface area contributed by atoms with Crippen molar-refractivity contribution in [2.24, 2.45) is 0 Å². The molecule has 0 unspecified atom stereocenters. The van der Waals surface area contributed by atoms with E-state index in [9.17, 15) is 4.79 Å². The summed E-state index contributed by atoms with van der Waals surface area (Å²) in [5.41, 5.74) is 0.242. The van der Waals surface area contributed by atoms with Crippen LogP contribution in [0.15, 0.2) is 29.2 Å². The van der Waals surface area contributed by atoms with Gasteiger partial charge in [-0.3, -0.25) is 0 Å². The molecule has 0 aliphatic heterocycles. The molecule has 1 aromatic carbocycles. The van der Waals surface area contributed by atoms with E-state index < -0.39 is 5.97 Å². The number of carboxylic acid groups (broad SMARTS) is 1. The van der Waals surface area contributed by atoms with Crippen LogP contribution in [-0.2, 0) is 27.7 Å². The predicted octanol–water partition coefficient (Wildman–Crippen LogP) is 1.02. The first-order valence-electron chi connectivity index (χ1n) is 2.73. The Balaban J connectivity index is 0. The van der Waals surface area contributed by atoms with Gasteiger partial charge in [-0.25, -0.2) is 4.79 Å². The van der Waals surface area contributed by atoms with Gasteiger partial charge in [0.1, 0.15) is 0 Å². The second kappa shape index (κ2) is 7.39. The van der Waals surface area contributed by atoms with E-state index >= 15 is 0 Å². The van der Waals surface area contributed by atoms with Crippen molar-refractivity contribution < 1.29 is 37.6 Å². The minimum atomic E-state index is -0.939. The molecule has 0 saturated heterocycles. The van der Waals surface area contributed by atoms with E-state index in [1.165, 1.54) is 6.07 Å². The van der Waals surface area contributed by atoms with Crippen LogP contribution in [0.2, 0.25) is 0 Å². The molecule has 0 aromatic heterocycles. The molecule has 0 aliphatic rings. The third-order valence-corrected chi connectivity index (χ3v) is 1.52. The molecule has 56 valence electrons. The molecule has 0 heterocycles. The van der Waals surface area contributed by atoms with Crippen molar-refractivity contribution in [2.75, 3.05) is 0 Å². The summed E-state index contributed by atoms with van der Waals surface area (Å²) in [5, 5.41) is 8.52. The van der Waals surface area contributed by atoms with Crippen molar-refractivity contribution >= 4 is 48.2 Å². The first-order valence-corrected chi connectivity index (χ1v) is 3.18. The zero-order chi connectivity index (χ0) is 7.56. The number of carbonyl (C=O) groups is 1. The maximum atomic E-state index is 10.4. The van der Waals surface area contributed by atoms with Gasteiger partial charge < -0.3 is 5.11 Å². The van der Waals surface area contributed by atoms with Gasteiger partial charge in [0.25, 0.3) is 0 Å². The quantitative estimate of drug-likeness (QED) is 0.565. The van der Waals surface area contributed by atoms with Gasteiger partial charge in [-0.2, -0.15) is 0 Å². The molecule has 5 heteroatoms. The summed E-state index contributed by atoms with van der Waals surface area (Å²) in [6.07, 6.45) is 0. The summed E-state index contributed by atoms with van der Waals surface area (Å²) >= 11 is 3.96. The van der Waals surface area contributed by atoms with Crippen molar-refractivity contribution in [3.8, 4) is 0 Å². The molecule has 1 N–H and O–H groups in total. The summed E-state index contributed by atoms with van der Waals surface area (Å²) in [6.45, 7) is 0. The van der Waals surface area contributed by atoms with Gasteiger partial charge in [-0.15, -0.1) is 12.6 Å². The molecular formula is C7H7HgNaO2S. The fourth-order valence-corrected chi connectivity index (χ4v) is 0.911. The third kappa shape index (κ3) is 4.28. The Labute approximate surface area is 119 Å². The summed E-state index contributed by atoms with van der Waals surface area (Å²) in [7, 11) is 0. The SMILES string of the molecule is O=C(O)c1ccccc1S.[Hg].[NaH]. The fourth-order valence-electron chi connectivity index (χ4n) is 0.654. The summed E-state index contributed by atoms with van der Waals surface area (Å²) in [5.74, 6) is -0.939. The van der Waals surface area contributed by atoms with Crippen LogP contribution in [0.1, 0.15) is 10.4 Å². The van der Waals surface area contributed by atoms with Crippen molar-refractivity contribution in [3.05, 3.63) is 29.8 Å². The molecule has 0 saturated carbocycles. The predicted molar refractivity (Wildman–Crippen MR) is 47.8 cm³/mol. The summed E-state index contributed by atoms with van der Waals surface area (Å²) < 4.78 is 0. The molecule has 1 aromatic rings. The van der Waals surface area contributed by atoms with Crippen molar-refractivity contribution in [1.29, 1.82) is 0 Å². The van der Waals surface area contributed by atoms with Crippen molar-refractivity contribution in [3.63, 3.8) is 0 Å². The van der Waals surface area contributed by atoms with Crippen molar-refractivity contribution in [2.45, 2.75) is 4.90 Å². The van der Waals surface area contributed by atoms with Crippen LogP contribution in [0.5, 0.6) is 0 Å². The summed E-state index contributed by atoms with van der Waals surface area (Å²) in [6, 6.07) is 6.58. The first kappa shape index (κ1) is 15.4. The van der Waals surface area contributed by atoms with E-state index in [0.29, 0.717) is 4.90 Å². The van der Waals surface area contributed by atoms with Crippen LogP contribution in [0, 0.1) is 0 Å². The normalized spacial score (nSPS) is 7.75. The summed E-state index contributed by atoms with van der Waals surface area (Å²) in [4.78, 5) is 10.9. The van der Waals surface area contributed by atoms with Crippen LogP contribution in [0.4, 0.5) is 0 Å². The number of hydrogen-bond acceptors (Lipinski definition) is 2. The Morgan fingerprint density at radius 3 is 2.17 bits per heavy atom. The Kier molecular flexibility index (Phi) is 9.51. The van der Waals surface area contributed by atoms with Crippen LogP contribution < -0.4 is 0 Å². The number of carboxylic acids is 1. The zero-order valence-corrected chi connectivity index (χ0v) is 12.2. The second-order valence-corrected chi connectivity index (χ2v) is 2.30. The Morgan fingerprint density at radius 1 is 1.33 bits per heavy atom. The molecule has 0 amide bonds. The minimum absolute atomic E-state index is 0. The van der Waals surface area contributed by atoms with Gasteiger partial charge in [0.2, 0.25) is 0 Å². The van der Waals surface area contributed by atoms with E-state index in [1.807, 2.05) is 0 Å². The monoisotopic (exact) mass is 380 g/mol. The van der Waals surface area contributed by atoms with Gasteiger partial charge in [-0.05, 0) is 12.1 Å². The molecule has 1 rings (SSSR count). The molecule has 12 heavy (non-hydrogen) atoms. The van der Waals surface area contributed by atoms with Gasteiger partial charge in [0.05, 0.1) is 5.56 Å². The van der Waals surface area contributed by atoms with Gasteiger partial charge in [0, 0.05) is 32.6 Å². The third-order valence-electron chi connectivity index (χ3n) is 1.13. The van der Waals surface area contributed by atoms with Gasteiger partial charge in [-0.1, -0.05) is 12.1 Å². The van der Waals surface area contributed by atoms with Crippen LogP contribution in [-0.4, -0.2) is 40.6 Å². The second-order valence-electron chi connectivity index (χ2n) is 1.82. The Hall–Kier alpha value is 0.975. The average Bonchev–Trinajstić information content (AvgIpc) is 1.88. The van der Waals surface area contributed by atoms with E-state index in [-0.39, 0.29) is 62.8 Å². The Bertz CT molecular complexity index is 267. The van der Waals surface area contributed by atoms with E-state index in [2.05, 4.69) is 12.6 Å². The number of benzene rings is 1. The van der Waals surface area contributed by atoms with Crippen LogP contribution in [0.25, 0.3) is 0 Å². The number of hydrogen-bond donors (Lipinski definition) is 2. The fraction of sp³-hybridized carbons (Fsp3) is 0. The van der Waals surface area contributed by atoms with Crippen molar-refractivity contribution in [1.82, 2.24) is 0 Å². The first-order chi connectivity index (χ1) is 4.72. The maximum absolute atomic E-state index is 10.4. The average molecular weight is 379 g/mol. The van der Waals surface area contributed by atoms with E-state index in [1.54, 1.807) is 18.2 Å².